The van der Waals surface area contributed by atoms with E-state index < -0.39 is 0 Å². The quantitative estimate of drug-likeness (QED) is 0.870. The fourth-order valence-electron chi connectivity index (χ4n) is 1.88. The van der Waals surface area contributed by atoms with E-state index in [1.807, 2.05) is 26.0 Å². The predicted octanol–water partition coefficient (Wildman–Crippen LogP) is 4.52. The third kappa shape index (κ3) is 3.26. The van der Waals surface area contributed by atoms with Crippen molar-refractivity contribution in [3.8, 4) is 5.75 Å². The van der Waals surface area contributed by atoms with Crippen LogP contribution in [0.4, 0.5) is 10.1 Å². The van der Waals surface area contributed by atoms with E-state index in [9.17, 15) is 9.50 Å². The van der Waals surface area contributed by atoms with E-state index in [1.54, 1.807) is 12.1 Å². The van der Waals surface area contributed by atoms with Crippen molar-refractivity contribution in [1.82, 2.24) is 0 Å². The third-order valence-electron chi connectivity index (χ3n) is 2.97. The molecule has 2 rings (SSSR count). The van der Waals surface area contributed by atoms with Gasteiger partial charge >= 0.3 is 0 Å². The summed E-state index contributed by atoms with van der Waals surface area (Å²) in [4.78, 5) is 0. The van der Waals surface area contributed by atoms with Crippen LogP contribution in [0.15, 0.2) is 34.8 Å². The lowest BCUT2D eigenvalue weighted by atomic mass is 10.1. The maximum absolute atomic E-state index is 13.3. The van der Waals surface area contributed by atoms with Crippen molar-refractivity contribution < 1.29 is 9.50 Å². The number of benzene rings is 2. The molecule has 0 atom stereocenters. The second-order valence-electron chi connectivity index (χ2n) is 4.57. The maximum atomic E-state index is 13.3. The van der Waals surface area contributed by atoms with Crippen molar-refractivity contribution >= 4 is 21.6 Å². The van der Waals surface area contributed by atoms with Gasteiger partial charge in [0.2, 0.25) is 0 Å². The van der Waals surface area contributed by atoms with E-state index in [4.69, 9.17) is 0 Å². The number of aromatic hydroxyl groups is 1. The van der Waals surface area contributed by atoms with E-state index >= 15 is 0 Å². The van der Waals surface area contributed by atoms with Gasteiger partial charge in [0.25, 0.3) is 0 Å². The molecule has 0 aliphatic carbocycles. The van der Waals surface area contributed by atoms with Gasteiger partial charge in [0.05, 0.1) is 4.47 Å². The molecule has 0 fully saturated rings. The monoisotopic (exact) mass is 323 g/mol. The molecule has 0 aromatic heterocycles. The molecule has 0 saturated heterocycles. The van der Waals surface area contributed by atoms with Crippen molar-refractivity contribution in [3.05, 3.63) is 57.3 Å². The van der Waals surface area contributed by atoms with Crippen LogP contribution in [0.5, 0.6) is 5.75 Å². The summed E-state index contributed by atoms with van der Waals surface area (Å²) < 4.78 is 13.8. The van der Waals surface area contributed by atoms with Gasteiger partial charge in [0, 0.05) is 17.8 Å². The largest absolute Gasteiger partial charge is 0.508 e. The van der Waals surface area contributed by atoms with E-state index in [0.29, 0.717) is 11.0 Å². The SMILES string of the molecule is Cc1ccc(O)c(CNc2cc(Br)c(F)cc2C)c1. The van der Waals surface area contributed by atoms with Crippen molar-refractivity contribution in [1.29, 1.82) is 0 Å². The van der Waals surface area contributed by atoms with Crippen LogP contribution in [0.2, 0.25) is 0 Å². The zero-order valence-corrected chi connectivity index (χ0v) is 12.4. The van der Waals surface area contributed by atoms with Gasteiger partial charge in [0.15, 0.2) is 0 Å². The average molecular weight is 324 g/mol. The molecule has 0 spiro atoms. The molecule has 2 nitrogen and oxygen atoms in total. The summed E-state index contributed by atoms with van der Waals surface area (Å²) in [7, 11) is 0. The Bertz CT molecular complexity index is 613. The Morgan fingerprint density at radius 2 is 1.95 bits per heavy atom. The van der Waals surface area contributed by atoms with Crippen LogP contribution in [-0.2, 0) is 6.54 Å². The van der Waals surface area contributed by atoms with Gasteiger partial charge in [-0.2, -0.15) is 0 Å². The van der Waals surface area contributed by atoms with Crippen LogP contribution < -0.4 is 5.32 Å². The van der Waals surface area contributed by atoms with Crippen molar-refractivity contribution in [2.45, 2.75) is 20.4 Å². The van der Waals surface area contributed by atoms with Crippen molar-refractivity contribution in [3.63, 3.8) is 0 Å². The molecule has 0 aliphatic rings. The number of phenolic OH excluding ortho intramolecular Hbond substituents is 1. The number of rotatable bonds is 3. The van der Waals surface area contributed by atoms with Gasteiger partial charge in [0.1, 0.15) is 11.6 Å². The van der Waals surface area contributed by atoms with E-state index in [-0.39, 0.29) is 11.6 Å². The average Bonchev–Trinajstić information content (AvgIpc) is 2.36. The number of halogens is 2. The summed E-state index contributed by atoms with van der Waals surface area (Å²) in [6.45, 7) is 4.31. The first-order valence-electron chi connectivity index (χ1n) is 5.95. The highest BCUT2D eigenvalue weighted by atomic mass is 79.9. The first-order valence-corrected chi connectivity index (χ1v) is 6.74. The highest BCUT2D eigenvalue weighted by molar-refractivity contribution is 9.10. The molecule has 100 valence electrons. The van der Waals surface area contributed by atoms with Gasteiger partial charge in [-0.25, -0.2) is 4.39 Å². The molecular weight excluding hydrogens is 309 g/mol. The maximum Gasteiger partial charge on any atom is 0.137 e. The van der Waals surface area contributed by atoms with Gasteiger partial charge in [-0.3, -0.25) is 0 Å². The number of hydrogen-bond donors (Lipinski definition) is 2. The molecule has 2 aromatic rings. The topological polar surface area (TPSA) is 32.3 Å². The summed E-state index contributed by atoms with van der Waals surface area (Å²) in [6, 6.07) is 8.65. The molecule has 4 heteroatoms. The van der Waals surface area contributed by atoms with Crippen LogP contribution in [0.3, 0.4) is 0 Å². The highest BCUT2D eigenvalue weighted by Gasteiger charge is 2.06. The summed E-state index contributed by atoms with van der Waals surface area (Å²) in [5, 5.41) is 13.0. The molecule has 0 bridgehead atoms. The molecule has 19 heavy (non-hydrogen) atoms. The number of aryl methyl sites for hydroxylation is 2. The lowest BCUT2D eigenvalue weighted by Gasteiger charge is -2.12. The predicted molar refractivity (Wildman–Crippen MR) is 79.0 cm³/mol. The first kappa shape index (κ1) is 13.9. The fraction of sp³-hybridized carbons (Fsp3) is 0.200. The highest BCUT2D eigenvalue weighted by Crippen LogP contribution is 2.26. The normalized spacial score (nSPS) is 10.5. The van der Waals surface area contributed by atoms with Gasteiger partial charge in [-0.15, -0.1) is 0 Å². The van der Waals surface area contributed by atoms with Crippen LogP contribution in [0.25, 0.3) is 0 Å². The lowest BCUT2D eigenvalue weighted by Crippen LogP contribution is -2.02. The van der Waals surface area contributed by atoms with Gasteiger partial charge in [-0.1, -0.05) is 17.7 Å². The molecule has 2 N–H and O–H groups in total. The summed E-state index contributed by atoms with van der Waals surface area (Å²) >= 11 is 3.17. The summed E-state index contributed by atoms with van der Waals surface area (Å²) in [6.07, 6.45) is 0. The lowest BCUT2D eigenvalue weighted by molar-refractivity contribution is 0.469. The molecule has 2 aromatic carbocycles. The van der Waals surface area contributed by atoms with E-state index in [0.717, 1.165) is 22.4 Å². The van der Waals surface area contributed by atoms with Crippen molar-refractivity contribution in [2.75, 3.05) is 5.32 Å². The molecule has 0 heterocycles. The standard InChI is InChI=1S/C15H15BrFNO/c1-9-3-4-15(19)11(5-9)8-18-14-7-12(16)13(17)6-10(14)2/h3-7,18-19H,8H2,1-2H3. The second-order valence-corrected chi connectivity index (χ2v) is 5.42. The first-order chi connectivity index (χ1) is 8.97. The van der Waals surface area contributed by atoms with Gasteiger partial charge < -0.3 is 10.4 Å². The fourth-order valence-corrected chi connectivity index (χ4v) is 2.23. The number of anilines is 1. The number of hydrogen-bond acceptors (Lipinski definition) is 2. The number of nitrogens with one attached hydrogen (secondary N) is 1. The summed E-state index contributed by atoms with van der Waals surface area (Å²) in [5.74, 6) is -0.0154. The molecular formula is C15H15BrFNO. The Hall–Kier alpha value is -1.55. The van der Waals surface area contributed by atoms with Crippen LogP contribution >= 0.6 is 15.9 Å². The molecule has 0 unspecified atom stereocenters. The Morgan fingerprint density at radius 3 is 2.68 bits per heavy atom. The Morgan fingerprint density at radius 1 is 1.21 bits per heavy atom. The summed E-state index contributed by atoms with van der Waals surface area (Å²) in [5.41, 5.74) is 3.58. The molecule has 0 aliphatic heterocycles. The Kier molecular flexibility index (Phi) is 4.10. The zero-order chi connectivity index (χ0) is 14.0. The Balaban J connectivity index is 2.19. The second kappa shape index (κ2) is 5.61. The molecule has 0 radical (unpaired) electrons. The van der Waals surface area contributed by atoms with Crippen LogP contribution in [0.1, 0.15) is 16.7 Å². The molecule has 0 amide bonds. The molecule has 0 saturated carbocycles. The minimum absolute atomic E-state index is 0.261. The van der Waals surface area contributed by atoms with E-state index in [2.05, 4.69) is 21.2 Å². The minimum atomic E-state index is -0.276. The number of phenols is 1. The van der Waals surface area contributed by atoms with Crippen molar-refractivity contribution in [2.24, 2.45) is 0 Å². The smallest absolute Gasteiger partial charge is 0.137 e. The zero-order valence-electron chi connectivity index (χ0n) is 10.8. The third-order valence-corrected chi connectivity index (χ3v) is 3.58. The van der Waals surface area contributed by atoms with Gasteiger partial charge in [-0.05, 0) is 53.5 Å². The van der Waals surface area contributed by atoms with E-state index in [1.165, 1.54) is 6.07 Å². The van der Waals surface area contributed by atoms with Crippen LogP contribution in [0, 0.1) is 19.7 Å². The minimum Gasteiger partial charge on any atom is -0.508 e. The van der Waals surface area contributed by atoms with Crippen LogP contribution in [-0.4, -0.2) is 5.11 Å². The Labute approximate surface area is 120 Å².